The Morgan fingerprint density at radius 3 is 1.96 bits per heavy atom. The molecule has 0 aromatic heterocycles. The Labute approximate surface area is 137 Å². The molecule has 0 fully saturated rings. The first-order valence-electron chi connectivity index (χ1n) is 7.71. The van der Waals surface area contributed by atoms with Crippen LogP contribution >= 0.6 is 0 Å². The van der Waals surface area contributed by atoms with Gasteiger partial charge in [-0.25, -0.2) is 0 Å². The Morgan fingerprint density at radius 1 is 0.913 bits per heavy atom. The van der Waals surface area contributed by atoms with Gasteiger partial charge in [-0.15, -0.1) is 0 Å². The number of ketones is 1. The monoisotopic (exact) mass is 310 g/mol. The summed E-state index contributed by atoms with van der Waals surface area (Å²) < 4.78 is 5.45. The molecule has 2 aromatic rings. The fraction of sp³-hybridized carbons (Fsp3) is 0.300. The summed E-state index contributed by atoms with van der Waals surface area (Å²) in [6.07, 6.45) is 0.208. The Bertz CT molecular complexity index is 654. The maximum atomic E-state index is 12.7. The molecular formula is C20H22O3. The molecule has 3 nitrogen and oxygen atoms in total. The van der Waals surface area contributed by atoms with Gasteiger partial charge in [0.25, 0.3) is 0 Å². The average molecular weight is 310 g/mol. The summed E-state index contributed by atoms with van der Waals surface area (Å²) >= 11 is 0. The van der Waals surface area contributed by atoms with Crippen LogP contribution in [0.3, 0.4) is 0 Å². The second-order valence-corrected chi connectivity index (χ2v) is 6.51. The standard InChI is InChI=1S/C20H22O3/c1-20(2,3)23-19(22)18(16-12-8-5-9-13-16)17(21)14-15-10-6-4-7-11-15/h4-13,18H,14H2,1-3H3/t18-/m0/s1. The van der Waals surface area contributed by atoms with Crippen molar-refractivity contribution in [1.29, 1.82) is 0 Å². The van der Waals surface area contributed by atoms with Crippen LogP contribution in [0.25, 0.3) is 0 Å². The maximum Gasteiger partial charge on any atom is 0.321 e. The molecular weight excluding hydrogens is 288 g/mol. The normalized spacial score (nSPS) is 12.5. The zero-order valence-electron chi connectivity index (χ0n) is 13.8. The minimum absolute atomic E-state index is 0.156. The van der Waals surface area contributed by atoms with Crippen LogP contribution in [-0.4, -0.2) is 17.4 Å². The molecule has 0 radical (unpaired) electrons. The molecule has 0 amide bonds. The molecule has 1 atom stereocenters. The van der Waals surface area contributed by atoms with Crippen LogP contribution < -0.4 is 0 Å². The highest BCUT2D eigenvalue weighted by Crippen LogP contribution is 2.23. The van der Waals surface area contributed by atoms with Crippen LogP contribution in [0.1, 0.15) is 37.8 Å². The van der Waals surface area contributed by atoms with Crippen LogP contribution in [0.4, 0.5) is 0 Å². The number of rotatable bonds is 5. The van der Waals surface area contributed by atoms with Gasteiger partial charge in [0.15, 0.2) is 5.78 Å². The van der Waals surface area contributed by atoms with Crippen molar-refractivity contribution in [2.75, 3.05) is 0 Å². The minimum Gasteiger partial charge on any atom is -0.459 e. The van der Waals surface area contributed by atoms with Crippen LogP contribution in [0.2, 0.25) is 0 Å². The van der Waals surface area contributed by atoms with Gasteiger partial charge in [0.05, 0.1) is 0 Å². The molecule has 2 aromatic carbocycles. The first kappa shape index (κ1) is 16.9. The lowest BCUT2D eigenvalue weighted by atomic mass is 9.91. The summed E-state index contributed by atoms with van der Waals surface area (Å²) in [6, 6.07) is 18.5. The number of carbonyl (C=O) groups excluding carboxylic acids is 2. The summed E-state index contributed by atoms with van der Waals surface area (Å²) in [5.41, 5.74) is 0.932. The third kappa shape index (κ3) is 5.06. The SMILES string of the molecule is CC(C)(C)OC(=O)[C@H](C(=O)Cc1ccccc1)c1ccccc1. The van der Waals surface area contributed by atoms with E-state index in [1.807, 2.05) is 48.5 Å². The molecule has 120 valence electrons. The van der Waals surface area contributed by atoms with E-state index in [0.29, 0.717) is 5.56 Å². The van der Waals surface area contributed by atoms with E-state index in [1.165, 1.54) is 0 Å². The van der Waals surface area contributed by atoms with E-state index in [4.69, 9.17) is 4.74 Å². The highest BCUT2D eigenvalue weighted by molar-refractivity contribution is 6.05. The number of hydrogen-bond donors (Lipinski definition) is 0. The number of carbonyl (C=O) groups is 2. The summed E-state index contributed by atoms with van der Waals surface area (Å²) in [7, 11) is 0. The van der Waals surface area contributed by atoms with Crippen molar-refractivity contribution in [1.82, 2.24) is 0 Å². The second kappa shape index (κ2) is 7.23. The summed E-state index contributed by atoms with van der Waals surface area (Å²) in [4.78, 5) is 25.3. The lowest BCUT2D eigenvalue weighted by molar-refractivity contribution is -0.158. The molecule has 0 bridgehead atoms. The fourth-order valence-electron chi connectivity index (χ4n) is 2.36. The molecule has 0 unspecified atom stereocenters. The van der Waals surface area contributed by atoms with E-state index in [9.17, 15) is 9.59 Å². The van der Waals surface area contributed by atoms with Gasteiger partial charge in [0.1, 0.15) is 11.5 Å². The maximum absolute atomic E-state index is 12.7. The van der Waals surface area contributed by atoms with Crippen molar-refractivity contribution in [3.05, 3.63) is 71.8 Å². The van der Waals surface area contributed by atoms with E-state index in [2.05, 4.69) is 0 Å². The molecule has 2 rings (SSSR count). The highest BCUT2D eigenvalue weighted by atomic mass is 16.6. The topological polar surface area (TPSA) is 43.4 Å². The number of Topliss-reactive ketones (excluding diaryl/α,β-unsaturated/α-hetero) is 1. The number of benzene rings is 2. The lowest BCUT2D eigenvalue weighted by Gasteiger charge is -2.23. The first-order chi connectivity index (χ1) is 10.9. The smallest absolute Gasteiger partial charge is 0.321 e. The van der Waals surface area contributed by atoms with E-state index < -0.39 is 17.5 Å². The Balaban J connectivity index is 2.26. The second-order valence-electron chi connectivity index (χ2n) is 6.51. The van der Waals surface area contributed by atoms with Gasteiger partial charge in [-0.1, -0.05) is 60.7 Å². The van der Waals surface area contributed by atoms with Gasteiger partial charge < -0.3 is 4.74 Å². The fourth-order valence-corrected chi connectivity index (χ4v) is 2.36. The third-order valence-electron chi connectivity index (χ3n) is 3.32. The van der Waals surface area contributed by atoms with E-state index >= 15 is 0 Å². The van der Waals surface area contributed by atoms with Crippen LogP contribution in [0.15, 0.2) is 60.7 Å². The Morgan fingerprint density at radius 2 is 1.43 bits per heavy atom. The van der Waals surface area contributed by atoms with Crippen molar-refractivity contribution in [2.45, 2.75) is 38.7 Å². The van der Waals surface area contributed by atoms with Crippen LogP contribution in [0.5, 0.6) is 0 Å². The third-order valence-corrected chi connectivity index (χ3v) is 3.32. The molecule has 0 saturated carbocycles. The average Bonchev–Trinajstić information content (AvgIpc) is 2.47. The van der Waals surface area contributed by atoms with E-state index in [0.717, 1.165) is 5.56 Å². The molecule has 0 heterocycles. The van der Waals surface area contributed by atoms with Gasteiger partial charge in [-0.3, -0.25) is 9.59 Å². The Kier molecular flexibility index (Phi) is 5.32. The largest absolute Gasteiger partial charge is 0.459 e. The molecule has 0 saturated heterocycles. The Hall–Kier alpha value is -2.42. The van der Waals surface area contributed by atoms with Crippen LogP contribution in [0, 0.1) is 0 Å². The zero-order chi connectivity index (χ0) is 16.9. The van der Waals surface area contributed by atoms with Gasteiger partial charge in [0.2, 0.25) is 0 Å². The van der Waals surface area contributed by atoms with E-state index in [-0.39, 0.29) is 12.2 Å². The molecule has 0 spiro atoms. The molecule has 3 heteroatoms. The quantitative estimate of drug-likeness (QED) is 0.621. The predicted molar refractivity (Wildman–Crippen MR) is 90.2 cm³/mol. The number of ether oxygens (including phenoxy) is 1. The molecule has 0 aliphatic rings. The summed E-state index contributed by atoms with van der Waals surface area (Å²) in [5.74, 6) is -1.54. The number of hydrogen-bond acceptors (Lipinski definition) is 3. The summed E-state index contributed by atoms with van der Waals surface area (Å²) in [6.45, 7) is 5.40. The molecule has 0 aliphatic heterocycles. The molecule has 0 aliphatic carbocycles. The van der Waals surface area contributed by atoms with Gasteiger partial charge in [-0.05, 0) is 31.9 Å². The van der Waals surface area contributed by atoms with Crippen molar-refractivity contribution in [3.8, 4) is 0 Å². The van der Waals surface area contributed by atoms with E-state index in [1.54, 1.807) is 32.9 Å². The first-order valence-corrected chi connectivity index (χ1v) is 7.71. The van der Waals surface area contributed by atoms with Crippen LogP contribution in [-0.2, 0) is 20.7 Å². The zero-order valence-corrected chi connectivity index (χ0v) is 13.8. The highest BCUT2D eigenvalue weighted by Gasteiger charge is 2.32. The van der Waals surface area contributed by atoms with Gasteiger partial charge in [-0.2, -0.15) is 0 Å². The minimum atomic E-state index is -0.893. The van der Waals surface area contributed by atoms with Crippen molar-refractivity contribution >= 4 is 11.8 Å². The van der Waals surface area contributed by atoms with Crippen molar-refractivity contribution in [2.24, 2.45) is 0 Å². The summed E-state index contributed by atoms with van der Waals surface area (Å²) in [5, 5.41) is 0. The van der Waals surface area contributed by atoms with Gasteiger partial charge >= 0.3 is 5.97 Å². The molecule has 0 N–H and O–H groups in total. The van der Waals surface area contributed by atoms with Crippen molar-refractivity contribution < 1.29 is 14.3 Å². The molecule has 23 heavy (non-hydrogen) atoms. The predicted octanol–water partition coefficient (Wildman–Crippen LogP) is 3.92. The lowest BCUT2D eigenvalue weighted by Crippen LogP contribution is -2.32. The van der Waals surface area contributed by atoms with Gasteiger partial charge in [0, 0.05) is 6.42 Å². The number of esters is 1. The van der Waals surface area contributed by atoms with Crippen molar-refractivity contribution in [3.63, 3.8) is 0 Å².